The topological polar surface area (TPSA) is 89.6 Å². The van der Waals surface area contributed by atoms with E-state index in [2.05, 4.69) is 15.3 Å². The number of carbonyl (C=O) groups is 1. The van der Waals surface area contributed by atoms with Crippen LogP contribution in [0.1, 0.15) is 16.1 Å². The zero-order chi connectivity index (χ0) is 19.0. The van der Waals surface area contributed by atoms with Gasteiger partial charge in [0.05, 0.1) is 19.4 Å². The highest BCUT2D eigenvalue weighted by Gasteiger charge is 2.49. The van der Waals surface area contributed by atoms with Gasteiger partial charge in [-0.15, -0.1) is 12.4 Å². The number of benzene rings is 1. The highest BCUT2D eigenvalue weighted by atomic mass is 35.5. The minimum atomic E-state index is -0.895. The molecular formula is C18H17ClF2N4O2S. The van der Waals surface area contributed by atoms with E-state index >= 15 is 0 Å². The Kier molecular flexibility index (Phi) is 5.87. The maximum Gasteiger partial charge on any atom is 0.274 e. The van der Waals surface area contributed by atoms with E-state index < -0.39 is 23.1 Å². The Labute approximate surface area is 170 Å². The second kappa shape index (κ2) is 8.02. The molecule has 0 saturated carbocycles. The second-order valence-corrected chi connectivity index (χ2v) is 7.45. The SMILES string of the molecule is Cl.NC1=N[C@]2(c3cc(NC(=O)c4ccc(F)cn4)ccc3F)COC[C@@H]2CS1. The third-order valence-electron chi connectivity index (χ3n) is 4.71. The number of nitrogens with two attached hydrogens (primary N) is 1. The fraction of sp³-hybridized carbons (Fsp3) is 0.278. The Morgan fingerprint density at radius 1 is 1.32 bits per heavy atom. The summed E-state index contributed by atoms with van der Waals surface area (Å²) in [5.74, 6) is -0.815. The van der Waals surface area contributed by atoms with Gasteiger partial charge in [-0.25, -0.2) is 18.8 Å². The Balaban J connectivity index is 0.00000225. The first-order valence-electron chi connectivity index (χ1n) is 8.27. The maximum atomic E-state index is 14.7. The number of aromatic nitrogens is 1. The number of rotatable bonds is 3. The summed E-state index contributed by atoms with van der Waals surface area (Å²) in [5, 5.41) is 3.05. The lowest BCUT2D eigenvalue weighted by Crippen LogP contribution is -2.40. The molecular weight excluding hydrogens is 410 g/mol. The number of amides is 1. The van der Waals surface area contributed by atoms with E-state index in [0.29, 0.717) is 28.8 Å². The molecule has 1 amide bonds. The smallest absolute Gasteiger partial charge is 0.274 e. The predicted octanol–water partition coefficient (Wildman–Crippen LogP) is 2.94. The summed E-state index contributed by atoms with van der Waals surface area (Å²) in [6.45, 7) is 0.700. The first-order valence-corrected chi connectivity index (χ1v) is 9.25. The van der Waals surface area contributed by atoms with Crippen LogP contribution in [0.25, 0.3) is 0 Å². The number of hydrogen-bond acceptors (Lipinski definition) is 6. The van der Waals surface area contributed by atoms with Crippen molar-refractivity contribution in [3.63, 3.8) is 0 Å². The van der Waals surface area contributed by atoms with Gasteiger partial charge in [0, 0.05) is 22.9 Å². The average Bonchev–Trinajstić information content (AvgIpc) is 3.07. The molecule has 3 N–H and O–H groups in total. The number of nitrogens with one attached hydrogen (secondary N) is 1. The number of thioether (sulfide) groups is 1. The standard InChI is InChI=1S/C18H16F2N4O2S.ClH/c19-11-1-4-15(22-6-11)16(25)23-12-2-3-14(20)13(5-12)18-9-26-7-10(18)8-27-17(21)24-18;/h1-6,10H,7-9H2,(H2,21,24)(H,23,25);1H/t10-,18-;/m1./s1. The van der Waals surface area contributed by atoms with Crippen LogP contribution in [-0.2, 0) is 10.3 Å². The molecule has 0 aliphatic carbocycles. The van der Waals surface area contributed by atoms with E-state index in [1.807, 2.05) is 0 Å². The van der Waals surface area contributed by atoms with Crippen LogP contribution in [-0.4, -0.2) is 35.0 Å². The molecule has 0 spiro atoms. The number of pyridine rings is 1. The molecule has 3 heterocycles. The van der Waals surface area contributed by atoms with Gasteiger partial charge in [0.1, 0.15) is 22.9 Å². The molecule has 10 heteroatoms. The summed E-state index contributed by atoms with van der Waals surface area (Å²) in [4.78, 5) is 20.6. The van der Waals surface area contributed by atoms with Crippen LogP contribution in [0.4, 0.5) is 14.5 Å². The fourth-order valence-corrected chi connectivity index (χ4v) is 4.31. The summed E-state index contributed by atoms with van der Waals surface area (Å²) in [7, 11) is 0. The highest BCUT2D eigenvalue weighted by Crippen LogP contribution is 2.45. The van der Waals surface area contributed by atoms with Crippen LogP contribution in [0.2, 0.25) is 0 Å². The van der Waals surface area contributed by atoms with Gasteiger partial charge in [-0.1, -0.05) is 11.8 Å². The highest BCUT2D eigenvalue weighted by molar-refractivity contribution is 8.13. The zero-order valence-corrected chi connectivity index (χ0v) is 16.2. The third-order valence-corrected chi connectivity index (χ3v) is 5.67. The molecule has 6 nitrogen and oxygen atoms in total. The summed E-state index contributed by atoms with van der Waals surface area (Å²) >= 11 is 1.42. The Bertz CT molecular complexity index is 928. The van der Waals surface area contributed by atoms with Crippen molar-refractivity contribution in [3.8, 4) is 0 Å². The van der Waals surface area contributed by atoms with Crippen LogP contribution in [0.15, 0.2) is 41.5 Å². The lowest BCUT2D eigenvalue weighted by Gasteiger charge is -2.34. The molecule has 4 rings (SSSR count). The van der Waals surface area contributed by atoms with Crippen molar-refractivity contribution in [2.75, 3.05) is 24.3 Å². The van der Waals surface area contributed by atoms with Crippen molar-refractivity contribution in [1.29, 1.82) is 0 Å². The van der Waals surface area contributed by atoms with E-state index in [9.17, 15) is 13.6 Å². The third kappa shape index (κ3) is 3.69. The van der Waals surface area contributed by atoms with Crippen LogP contribution in [0.5, 0.6) is 0 Å². The van der Waals surface area contributed by atoms with Gasteiger partial charge >= 0.3 is 0 Å². The Hall–Kier alpha value is -2.23. The van der Waals surface area contributed by atoms with Crippen molar-refractivity contribution in [2.24, 2.45) is 16.6 Å². The summed E-state index contributed by atoms with van der Waals surface area (Å²) in [6, 6.07) is 6.70. The average molecular weight is 427 g/mol. The lowest BCUT2D eigenvalue weighted by molar-refractivity contribution is 0.102. The monoisotopic (exact) mass is 426 g/mol. The summed E-state index contributed by atoms with van der Waals surface area (Å²) in [6.07, 6.45) is 0.960. The lowest BCUT2D eigenvalue weighted by atomic mass is 9.81. The molecule has 2 aliphatic heterocycles. The number of carbonyl (C=O) groups excluding carboxylic acids is 1. The molecule has 2 aromatic rings. The molecule has 2 aliphatic rings. The normalized spacial score (nSPS) is 23.4. The van der Waals surface area contributed by atoms with E-state index in [1.54, 1.807) is 6.07 Å². The van der Waals surface area contributed by atoms with Gasteiger partial charge in [0.25, 0.3) is 5.91 Å². The van der Waals surface area contributed by atoms with Gasteiger partial charge in [-0.05, 0) is 30.3 Å². The predicted molar refractivity (Wildman–Crippen MR) is 106 cm³/mol. The van der Waals surface area contributed by atoms with Crippen LogP contribution >= 0.6 is 24.2 Å². The number of fused-ring (bicyclic) bond motifs is 1. The van der Waals surface area contributed by atoms with E-state index in [-0.39, 0.29) is 30.6 Å². The number of ether oxygens (including phenoxy) is 1. The Morgan fingerprint density at radius 2 is 2.14 bits per heavy atom. The fourth-order valence-electron chi connectivity index (χ4n) is 3.33. The second-order valence-electron chi connectivity index (χ2n) is 6.41. The maximum absolute atomic E-state index is 14.7. The zero-order valence-electron chi connectivity index (χ0n) is 14.5. The van der Waals surface area contributed by atoms with E-state index in [1.165, 1.54) is 30.0 Å². The van der Waals surface area contributed by atoms with Gasteiger partial charge in [-0.2, -0.15) is 0 Å². The first kappa shape index (κ1) is 20.5. The van der Waals surface area contributed by atoms with Crippen molar-refractivity contribution >= 4 is 40.9 Å². The van der Waals surface area contributed by atoms with Crippen molar-refractivity contribution < 1.29 is 18.3 Å². The van der Waals surface area contributed by atoms with Crippen LogP contribution in [0, 0.1) is 17.6 Å². The number of amidine groups is 1. The molecule has 1 aromatic heterocycles. The minimum absolute atomic E-state index is 0. The number of hydrogen-bond donors (Lipinski definition) is 2. The number of nitrogens with zero attached hydrogens (tertiary/aromatic N) is 2. The molecule has 0 bridgehead atoms. The van der Waals surface area contributed by atoms with Gasteiger partial charge < -0.3 is 15.8 Å². The minimum Gasteiger partial charge on any atom is -0.379 e. The Morgan fingerprint density at radius 3 is 2.89 bits per heavy atom. The summed E-state index contributed by atoms with van der Waals surface area (Å²) in [5.41, 5.74) is 5.77. The molecule has 1 saturated heterocycles. The number of aliphatic imine (C=N–C) groups is 1. The van der Waals surface area contributed by atoms with E-state index in [0.717, 1.165) is 12.3 Å². The van der Waals surface area contributed by atoms with Gasteiger partial charge in [0.2, 0.25) is 0 Å². The number of halogens is 3. The molecule has 28 heavy (non-hydrogen) atoms. The molecule has 1 aromatic carbocycles. The van der Waals surface area contributed by atoms with Crippen molar-refractivity contribution in [1.82, 2.24) is 4.98 Å². The first-order chi connectivity index (χ1) is 13.0. The largest absolute Gasteiger partial charge is 0.379 e. The molecule has 2 atom stereocenters. The van der Waals surface area contributed by atoms with E-state index in [4.69, 9.17) is 10.5 Å². The van der Waals surface area contributed by atoms with Gasteiger partial charge in [-0.3, -0.25) is 4.79 Å². The van der Waals surface area contributed by atoms with Crippen LogP contribution in [0.3, 0.4) is 0 Å². The number of anilines is 1. The van der Waals surface area contributed by atoms with Crippen molar-refractivity contribution in [3.05, 3.63) is 59.4 Å². The van der Waals surface area contributed by atoms with Crippen LogP contribution < -0.4 is 11.1 Å². The quantitative estimate of drug-likeness (QED) is 0.787. The molecule has 148 valence electrons. The van der Waals surface area contributed by atoms with Crippen molar-refractivity contribution in [2.45, 2.75) is 5.54 Å². The van der Waals surface area contributed by atoms with Gasteiger partial charge in [0.15, 0.2) is 5.17 Å². The summed E-state index contributed by atoms with van der Waals surface area (Å²) < 4.78 is 33.2. The molecule has 0 radical (unpaired) electrons. The molecule has 1 fully saturated rings. The molecule has 0 unspecified atom stereocenters.